The lowest BCUT2D eigenvalue weighted by Crippen LogP contribution is -1.93. The number of benzene rings is 1. The first-order valence-electron chi connectivity index (χ1n) is 4.15. The third kappa shape index (κ3) is 2.44. The molecule has 0 aliphatic carbocycles. The van der Waals surface area contributed by atoms with Crippen molar-refractivity contribution in [2.24, 2.45) is 0 Å². The summed E-state index contributed by atoms with van der Waals surface area (Å²) in [5.74, 6) is -0.246. The number of hydrogen-bond acceptors (Lipinski definition) is 0. The number of hydrogen-bond donors (Lipinski definition) is 0. The van der Waals surface area contributed by atoms with Crippen LogP contribution in [0.3, 0.4) is 0 Å². The van der Waals surface area contributed by atoms with Gasteiger partial charge < -0.3 is 0 Å². The largest absolute Gasteiger partial charge is 0.207 e. The Bertz CT molecular complexity index is 312. The highest BCUT2D eigenvalue weighted by Crippen LogP contribution is 2.33. The van der Waals surface area contributed by atoms with E-state index in [0.29, 0.717) is 10.6 Å². The molecule has 3 heteroatoms. The molecule has 13 heavy (non-hydrogen) atoms. The van der Waals surface area contributed by atoms with Gasteiger partial charge in [-0.15, -0.1) is 0 Å². The zero-order valence-corrected chi connectivity index (χ0v) is 9.91. The fraction of sp³-hybridized carbons (Fsp3) is 0.400. The van der Waals surface area contributed by atoms with Crippen molar-refractivity contribution in [2.75, 3.05) is 0 Å². The van der Waals surface area contributed by atoms with E-state index in [1.54, 1.807) is 13.0 Å². The molecule has 0 spiro atoms. The minimum Gasteiger partial charge on any atom is -0.207 e. The highest BCUT2D eigenvalue weighted by Gasteiger charge is 2.11. The van der Waals surface area contributed by atoms with Gasteiger partial charge in [0.05, 0.1) is 0 Å². The Kier molecular flexibility index (Phi) is 3.74. The van der Waals surface area contributed by atoms with Crippen molar-refractivity contribution in [1.82, 2.24) is 0 Å². The summed E-state index contributed by atoms with van der Waals surface area (Å²) in [4.78, 5) is 0.208. The van der Waals surface area contributed by atoms with E-state index in [9.17, 15) is 4.39 Å². The molecule has 0 heterocycles. The van der Waals surface area contributed by atoms with Gasteiger partial charge in [-0.2, -0.15) is 0 Å². The van der Waals surface area contributed by atoms with Crippen LogP contribution in [0.2, 0.25) is 5.02 Å². The number of alkyl halides is 1. The Morgan fingerprint density at radius 2 is 2.15 bits per heavy atom. The summed E-state index contributed by atoms with van der Waals surface area (Å²) >= 11 is 9.39. The Hall–Kier alpha value is -0.0800. The minimum atomic E-state index is -0.246. The topological polar surface area (TPSA) is 0 Å². The summed E-state index contributed by atoms with van der Waals surface area (Å²) in [5, 5.41) is 0.492. The van der Waals surface area contributed by atoms with Crippen molar-refractivity contribution in [2.45, 2.75) is 25.1 Å². The van der Waals surface area contributed by atoms with Gasteiger partial charge in [0.15, 0.2) is 0 Å². The summed E-state index contributed by atoms with van der Waals surface area (Å²) in [6.07, 6.45) is 0.935. The first-order valence-corrected chi connectivity index (χ1v) is 5.45. The van der Waals surface area contributed by atoms with E-state index >= 15 is 0 Å². The first kappa shape index (κ1) is 11.0. The van der Waals surface area contributed by atoms with Crippen LogP contribution in [0, 0.1) is 12.7 Å². The molecule has 0 aliphatic heterocycles. The smallest absolute Gasteiger partial charge is 0.127 e. The zero-order valence-electron chi connectivity index (χ0n) is 7.57. The number of aryl methyl sites for hydroxylation is 1. The second kappa shape index (κ2) is 4.43. The van der Waals surface area contributed by atoms with Gasteiger partial charge in [-0.1, -0.05) is 40.5 Å². The van der Waals surface area contributed by atoms with Crippen molar-refractivity contribution in [3.63, 3.8) is 0 Å². The highest BCUT2D eigenvalue weighted by molar-refractivity contribution is 9.09. The molecule has 0 radical (unpaired) electrons. The molecular weight excluding hydrogens is 254 g/mol. The van der Waals surface area contributed by atoms with E-state index in [1.165, 1.54) is 6.07 Å². The molecule has 0 fully saturated rings. The Morgan fingerprint density at radius 1 is 1.54 bits per heavy atom. The third-order valence-corrected chi connectivity index (χ3v) is 3.44. The minimum absolute atomic E-state index is 0.208. The van der Waals surface area contributed by atoms with E-state index < -0.39 is 0 Å². The summed E-state index contributed by atoms with van der Waals surface area (Å²) in [6, 6.07) is 3.16. The average Bonchev–Trinajstić information content (AvgIpc) is 2.10. The van der Waals surface area contributed by atoms with Gasteiger partial charge >= 0.3 is 0 Å². The van der Waals surface area contributed by atoms with Crippen LogP contribution in [0.5, 0.6) is 0 Å². The lowest BCUT2D eigenvalue weighted by molar-refractivity contribution is 0.617. The molecule has 0 bridgehead atoms. The molecule has 1 aromatic carbocycles. The zero-order chi connectivity index (χ0) is 10.0. The number of halogens is 3. The summed E-state index contributed by atoms with van der Waals surface area (Å²) < 4.78 is 13.0. The van der Waals surface area contributed by atoms with Gasteiger partial charge in [0.25, 0.3) is 0 Å². The predicted molar refractivity (Wildman–Crippen MR) is 58.1 cm³/mol. The fourth-order valence-electron chi connectivity index (χ4n) is 1.14. The molecule has 1 atom stereocenters. The molecule has 0 saturated carbocycles. The maximum Gasteiger partial charge on any atom is 0.127 e. The van der Waals surface area contributed by atoms with Gasteiger partial charge in [0.2, 0.25) is 0 Å². The molecule has 0 N–H and O–H groups in total. The predicted octanol–water partition coefficient (Wildman–Crippen LogP) is 4.63. The lowest BCUT2D eigenvalue weighted by Gasteiger charge is -2.10. The maximum atomic E-state index is 13.0. The van der Waals surface area contributed by atoms with Crippen LogP contribution >= 0.6 is 27.5 Å². The van der Waals surface area contributed by atoms with Crippen molar-refractivity contribution >= 4 is 27.5 Å². The van der Waals surface area contributed by atoms with Gasteiger partial charge in [-0.05, 0) is 30.5 Å². The molecule has 0 aliphatic rings. The van der Waals surface area contributed by atoms with E-state index in [-0.39, 0.29) is 10.6 Å². The molecule has 72 valence electrons. The van der Waals surface area contributed by atoms with Crippen LogP contribution in [0.25, 0.3) is 0 Å². The summed E-state index contributed by atoms with van der Waals surface area (Å²) in [5.41, 5.74) is 1.60. The van der Waals surface area contributed by atoms with Crippen LogP contribution in [-0.2, 0) is 0 Å². The van der Waals surface area contributed by atoms with Crippen LogP contribution in [0.4, 0.5) is 4.39 Å². The van der Waals surface area contributed by atoms with Gasteiger partial charge in [-0.25, -0.2) is 4.39 Å². The lowest BCUT2D eigenvalue weighted by atomic mass is 10.1. The van der Waals surface area contributed by atoms with Gasteiger partial charge in [0.1, 0.15) is 5.82 Å². The molecule has 0 amide bonds. The molecule has 0 aromatic heterocycles. The van der Waals surface area contributed by atoms with Crippen molar-refractivity contribution in [3.05, 3.63) is 34.1 Å². The highest BCUT2D eigenvalue weighted by atomic mass is 79.9. The van der Waals surface area contributed by atoms with E-state index in [1.807, 2.05) is 0 Å². The van der Waals surface area contributed by atoms with Crippen molar-refractivity contribution < 1.29 is 4.39 Å². The third-order valence-electron chi connectivity index (χ3n) is 1.97. The summed E-state index contributed by atoms with van der Waals surface area (Å²) in [7, 11) is 0. The fourth-order valence-corrected chi connectivity index (χ4v) is 1.93. The normalized spacial score (nSPS) is 13.0. The molecular formula is C10H11BrClF. The van der Waals surface area contributed by atoms with E-state index in [0.717, 1.165) is 12.0 Å². The van der Waals surface area contributed by atoms with Crippen LogP contribution < -0.4 is 0 Å². The van der Waals surface area contributed by atoms with Crippen molar-refractivity contribution in [1.29, 1.82) is 0 Å². The Labute approximate surface area is 91.2 Å². The average molecular weight is 266 g/mol. The van der Waals surface area contributed by atoms with Crippen LogP contribution in [0.15, 0.2) is 12.1 Å². The van der Waals surface area contributed by atoms with Crippen LogP contribution in [-0.4, -0.2) is 0 Å². The monoisotopic (exact) mass is 264 g/mol. The van der Waals surface area contributed by atoms with Crippen molar-refractivity contribution in [3.8, 4) is 0 Å². The molecule has 1 aromatic rings. The second-order valence-corrected chi connectivity index (χ2v) is 4.51. The maximum absolute atomic E-state index is 13.0. The number of rotatable bonds is 2. The molecule has 1 unspecified atom stereocenters. The standard InChI is InChI=1S/C10H11BrClF/c1-3-8(11)7-4-6(2)10(13)5-9(7)12/h4-5,8H,3H2,1-2H3. The molecule has 0 nitrogen and oxygen atoms in total. The SMILES string of the molecule is CCC(Br)c1cc(C)c(F)cc1Cl. The van der Waals surface area contributed by atoms with Gasteiger partial charge in [0, 0.05) is 9.85 Å². The molecule has 0 saturated heterocycles. The van der Waals surface area contributed by atoms with E-state index in [4.69, 9.17) is 11.6 Å². The van der Waals surface area contributed by atoms with Gasteiger partial charge in [-0.3, -0.25) is 0 Å². The Morgan fingerprint density at radius 3 is 2.69 bits per heavy atom. The van der Waals surface area contributed by atoms with Crippen LogP contribution in [0.1, 0.15) is 29.3 Å². The Balaban J connectivity index is 3.15. The second-order valence-electron chi connectivity index (χ2n) is 3.00. The first-order chi connectivity index (χ1) is 6.06. The quantitative estimate of drug-likeness (QED) is 0.684. The molecule has 1 rings (SSSR count). The summed E-state index contributed by atoms with van der Waals surface area (Å²) in [6.45, 7) is 3.79. The van der Waals surface area contributed by atoms with E-state index in [2.05, 4.69) is 22.9 Å².